The minimum atomic E-state index is -1.31. The third kappa shape index (κ3) is 3.92. The first-order valence-corrected chi connectivity index (χ1v) is 6.02. The molecule has 0 aromatic heterocycles. The van der Waals surface area contributed by atoms with Crippen LogP contribution in [0, 0.1) is 17.5 Å². The topological polar surface area (TPSA) is 20.2 Å². The highest BCUT2D eigenvalue weighted by Crippen LogP contribution is 2.19. The van der Waals surface area contributed by atoms with Gasteiger partial charge in [-0.05, 0) is 0 Å². The van der Waals surface area contributed by atoms with Crippen molar-refractivity contribution in [3.05, 3.63) is 17.5 Å². The first kappa shape index (κ1) is 18.0. The fourth-order valence-electron chi connectivity index (χ4n) is 0.683. The lowest BCUT2D eigenvalue weighted by Gasteiger charge is -2.05. The fourth-order valence-corrected chi connectivity index (χ4v) is 1.20. The minimum Gasteiger partial charge on any atom is -0.504 e. The Balaban J connectivity index is 0. The highest BCUT2D eigenvalue weighted by Gasteiger charge is 2.19. The predicted molar refractivity (Wildman–Crippen MR) is 69.4 cm³/mol. The molecule has 0 saturated heterocycles. The molecule has 0 amide bonds. The molecule has 1 aromatic rings. The first-order chi connectivity index (χ1) is 7.46. The second kappa shape index (κ2) is 8.78. The molecule has 2 atom stereocenters. The smallest absolute Gasteiger partial charge is 0.175 e. The van der Waals surface area contributed by atoms with Crippen LogP contribution in [-0.2, 0) is 0 Å². The normalized spacial score (nSPS) is 8.56. The van der Waals surface area contributed by atoms with Crippen LogP contribution in [-0.4, -0.2) is 5.11 Å². The number of aromatic hydroxyl groups is 1. The fraction of sp³-hybridized carbons (Fsp3) is 0.400. The van der Waals surface area contributed by atoms with Gasteiger partial charge >= 0.3 is 0 Å². The van der Waals surface area contributed by atoms with Crippen LogP contribution in [0.25, 0.3) is 0 Å². The van der Waals surface area contributed by atoms with E-state index in [1.165, 1.54) is 0 Å². The number of phenolic OH excluding ortho intramolecular Hbond substituents is 1. The van der Waals surface area contributed by atoms with Crippen LogP contribution in [0.1, 0.15) is 27.7 Å². The van der Waals surface area contributed by atoms with Gasteiger partial charge in [-0.15, -0.1) is 0 Å². The SMILES string of the molecule is CC.CC.Oc1c(F)c(P)c(F)c(F)c1P. The molecule has 2 unspecified atom stereocenters. The van der Waals surface area contributed by atoms with Gasteiger partial charge < -0.3 is 5.11 Å². The van der Waals surface area contributed by atoms with Crippen molar-refractivity contribution in [2.75, 3.05) is 0 Å². The summed E-state index contributed by atoms with van der Waals surface area (Å²) in [5, 5.41) is 7.77. The van der Waals surface area contributed by atoms with E-state index in [1.54, 1.807) is 18.5 Å². The molecule has 0 spiro atoms. The lowest BCUT2D eigenvalue weighted by Crippen LogP contribution is -2.16. The van der Waals surface area contributed by atoms with Gasteiger partial charge in [0, 0.05) is 5.30 Å². The van der Waals surface area contributed by atoms with Gasteiger partial charge in [0.15, 0.2) is 23.2 Å². The molecule has 16 heavy (non-hydrogen) atoms. The lowest BCUT2D eigenvalue weighted by molar-refractivity contribution is 0.426. The van der Waals surface area contributed by atoms with Gasteiger partial charge in [0.25, 0.3) is 0 Å². The van der Waals surface area contributed by atoms with Crippen LogP contribution < -0.4 is 10.6 Å². The molecule has 0 heterocycles. The highest BCUT2D eigenvalue weighted by atomic mass is 31.0. The first-order valence-electron chi connectivity index (χ1n) is 4.87. The van der Waals surface area contributed by atoms with Crippen LogP contribution in [0.4, 0.5) is 13.2 Å². The molecule has 0 aliphatic carbocycles. The van der Waals surface area contributed by atoms with Gasteiger partial charge in [-0.3, -0.25) is 0 Å². The van der Waals surface area contributed by atoms with Crippen molar-refractivity contribution in [3.63, 3.8) is 0 Å². The van der Waals surface area contributed by atoms with E-state index in [-0.39, 0.29) is 0 Å². The summed E-state index contributed by atoms with van der Waals surface area (Å²) in [4.78, 5) is 0. The molecule has 1 N–H and O–H groups in total. The summed E-state index contributed by atoms with van der Waals surface area (Å²) in [6.07, 6.45) is 0. The molecule has 0 fully saturated rings. The Morgan fingerprint density at radius 2 is 1.06 bits per heavy atom. The molecule has 1 rings (SSSR count). The van der Waals surface area contributed by atoms with Crippen molar-refractivity contribution in [1.29, 1.82) is 0 Å². The van der Waals surface area contributed by atoms with E-state index >= 15 is 0 Å². The lowest BCUT2D eigenvalue weighted by atomic mass is 10.3. The van der Waals surface area contributed by atoms with Gasteiger partial charge in [-0.25, -0.2) is 13.2 Å². The Kier molecular flexibility index (Phi) is 9.90. The van der Waals surface area contributed by atoms with E-state index in [2.05, 4.69) is 0 Å². The van der Waals surface area contributed by atoms with Crippen LogP contribution in [0.15, 0.2) is 0 Å². The quantitative estimate of drug-likeness (QED) is 0.568. The predicted octanol–water partition coefficient (Wildman–Crippen LogP) is 2.86. The van der Waals surface area contributed by atoms with Crippen LogP contribution in [0.2, 0.25) is 0 Å². The highest BCUT2D eigenvalue weighted by molar-refractivity contribution is 7.28. The summed E-state index contributed by atoms with van der Waals surface area (Å²) >= 11 is 0. The molecule has 0 radical (unpaired) electrons. The van der Waals surface area contributed by atoms with Gasteiger partial charge in [0.1, 0.15) is 0 Å². The molecule has 0 aliphatic heterocycles. The Morgan fingerprint density at radius 3 is 1.44 bits per heavy atom. The molecule has 6 heteroatoms. The van der Waals surface area contributed by atoms with Crippen molar-refractivity contribution in [1.82, 2.24) is 0 Å². The van der Waals surface area contributed by atoms with E-state index < -0.39 is 33.8 Å². The molecule has 0 aliphatic rings. The monoisotopic (exact) mass is 272 g/mol. The molecule has 94 valence electrons. The van der Waals surface area contributed by atoms with Gasteiger partial charge in [0.2, 0.25) is 0 Å². The maximum Gasteiger partial charge on any atom is 0.175 e. The van der Waals surface area contributed by atoms with Crippen molar-refractivity contribution in [3.8, 4) is 5.75 Å². The van der Waals surface area contributed by atoms with Crippen molar-refractivity contribution in [2.45, 2.75) is 27.7 Å². The number of hydrogen-bond donors (Lipinski definition) is 1. The van der Waals surface area contributed by atoms with E-state index in [4.69, 9.17) is 5.11 Å². The number of halogens is 3. The average Bonchev–Trinajstić information content (AvgIpc) is 2.36. The van der Waals surface area contributed by atoms with Crippen molar-refractivity contribution < 1.29 is 18.3 Å². The van der Waals surface area contributed by atoms with E-state index in [1.807, 2.05) is 27.7 Å². The summed E-state index contributed by atoms with van der Waals surface area (Å²) in [7, 11) is 3.40. The Morgan fingerprint density at radius 1 is 0.750 bits per heavy atom. The summed E-state index contributed by atoms with van der Waals surface area (Å²) in [5.74, 6) is -4.61. The zero-order valence-corrected chi connectivity index (χ0v) is 12.0. The second-order valence-corrected chi connectivity index (χ2v) is 3.27. The molecule has 1 nitrogen and oxygen atoms in total. The largest absolute Gasteiger partial charge is 0.504 e. The molecule has 0 saturated carbocycles. The summed E-state index contributed by atoms with van der Waals surface area (Å²) in [6, 6.07) is 0. The van der Waals surface area contributed by atoms with Gasteiger partial charge in [0.05, 0.1) is 5.30 Å². The number of phenols is 1. The maximum absolute atomic E-state index is 12.7. The van der Waals surface area contributed by atoms with E-state index in [0.717, 1.165) is 0 Å². The van der Waals surface area contributed by atoms with Crippen LogP contribution in [0.5, 0.6) is 5.75 Å². The minimum absolute atomic E-state index is 0.504. The van der Waals surface area contributed by atoms with Crippen molar-refractivity contribution >= 4 is 29.1 Å². The third-order valence-electron chi connectivity index (χ3n) is 1.37. The maximum atomic E-state index is 12.7. The van der Waals surface area contributed by atoms with E-state index in [0.29, 0.717) is 0 Å². The molecular formula is C10H17F3OP2. The molecular weight excluding hydrogens is 255 g/mol. The van der Waals surface area contributed by atoms with E-state index in [9.17, 15) is 13.2 Å². The third-order valence-corrected chi connectivity index (χ3v) is 2.40. The molecule has 1 aromatic carbocycles. The summed E-state index contributed by atoms with van der Waals surface area (Å²) in [6.45, 7) is 8.00. The van der Waals surface area contributed by atoms with Crippen LogP contribution in [0.3, 0.4) is 0 Å². The zero-order valence-electron chi connectivity index (χ0n) is 9.74. The average molecular weight is 272 g/mol. The Labute approximate surface area is 98.9 Å². The number of rotatable bonds is 0. The Bertz CT molecular complexity index is 238. The number of hydrogen-bond acceptors (Lipinski definition) is 1. The molecule has 0 bridgehead atoms. The van der Waals surface area contributed by atoms with Crippen molar-refractivity contribution in [2.24, 2.45) is 0 Å². The standard InChI is InChI=1S/C6H5F3OP2.2C2H6/c7-1-2(8)6(12)4(10)3(9)5(1)11;2*1-2/h10H,11-12H2;2*1-2H3. The Hall–Kier alpha value is -0.330. The second-order valence-electron chi connectivity index (χ2n) is 2.12. The van der Waals surface area contributed by atoms with Crippen LogP contribution >= 0.6 is 18.5 Å². The zero-order chi connectivity index (χ0) is 13.5. The number of benzene rings is 1. The summed E-state index contributed by atoms with van der Waals surface area (Å²) in [5.41, 5.74) is 0. The summed E-state index contributed by atoms with van der Waals surface area (Å²) < 4.78 is 38.1. The van der Waals surface area contributed by atoms with Gasteiger partial charge in [-0.2, -0.15) is 0 Å². The van der Waals surface area contributed by atoms with Gasteiger partial charge in [-0.1, -0.05) is 46.2 Å².